The highest BCUT2D eigenvalue weighted by Crippen LogP contribution is 2.21. The number of aliphatic carboxylic acids is 1. The van der Waals surface area contributed by atoms with E-state index in [1.165, 1.54) is 12.1 Å². The summed E-state index contributed by atoms with van der Waals surface area (Å²) in [5.74, 6) is -5.11. The number of rotatable bonds is 8. The number of hydrogen-bond acceptors (Lipinski definition) is 5. The molecule has 21 heavy (non-hydrogen) atoms. The van der Waals surface area contributed by atoms with Crippen LogP contribution in [0.1, 0.15) is 16.3 Å². The first kappa shape index (κ1) is 17.0. The molecule has 3 N–H and O–H groups in total. The van der Waals surface area contributed by atoms with Gasteiger partial charge in [-0.15, -0.1) is 0 Å². The minimum atomic E-state index is -2.54. The van der Waals surface area contributed by atoms with E-state index >= 15 is 0 Å². The van der Waals surface area contributed by atoms with Gasteiger partial charge in [0.2, 0.25) is 5.91 Å². The number of carbonyl (C=O) groups excluding carboxylic acids is 2. The summed E-state index contributed by atoms with van der Waals surface area (Å²) in [6, 6.07) is 2.68. The van der Waals surface area contributed by atoms with Crippen molar-refractivity contribution < 1.29 is 32.7 Å². The van der Waals surface area contributed by atoms with Gasteiger partial charge in [-0.25, -0.2) is 0 Å². The zero-order valence-electron chi connectivity index (χ0n) is 10.6. The lowest BCUT2D eigenvalue weighted by Gasteiger charge is -2.03. The summed E-state index contributed by atoms with van der Waals surface area (Å²) >= 11 is 0.358. The second-order valence-corrected chi connectivity index (χ2v) is 4.67. The molecule has 1 aromatic rings. The van der Waals surface area contributed by atoms with Crippen LogP contribution >= 0.6 is 11.8 Å². The number of carbonyl (C=O) groups is 3. The van der Waals surface area contributed by atoms with Crippen molar-refractivity contribution in [2.75, 3.05) is 13.1 Å². The summed E-state index contributed by atoms with van der Waals surface area (Å²) in [5, 5.41) is 12.6. The van der Waals surface area contributed by atoms with Gasteiger partial charge in [0, 0.05) is 0 Å². The molecule has 116 valence electrons. The number of alkyl halides is 2. The molecule has 7 nitrogen and oxygen atoms in total. The maximum absolute atomic E-state index is 12.0. The van der Waals surface area contributed by atoms with Crippen LogP contribution < -0.4 is 10.6 Å². The number of carboxylic acids is 1. The highest BCUT2D eigenvalue weighted by atomic mass is 32.2. The van der Waals surface area contributed by atoms with Gasteiger partial charge in [-0.2, -0.15) is 8.78 Å². The monoisotopic (exact) mass is 322 g/mol. The SMILES string of the molecule is O=C(O)CNC(=O)CNC(=O)c1ccc(CSC(F)F)o1. The first-order valence-corrected chi connectivity index (χ1v) is 6.68. The fourth-order valence-electron chi connectivity index (χ4n) is 1.21. The van der Waals surface area contributed by atoms with Crippen molar-refractivity contribution in [2.45, 2.75) is 11.5 Å². The van der Waals surface area contributed by atoms with Gasteiger partial charge in [-0.3, -0.25) is 14.4 Å². The van der Waals surface area contributed by atoms with Crippen LogP contribution in [0.2, 0.25) is 0 Å². The molecule has 0 saturated carbocycles. The number of nitrogens with one attached hydrogen (secondary N) is 2. The Labute approximate surface area is 122 Å². The Morgan fingerprint density at radius 1 is 1.24 bits per heavy atom. The van der Waals surface area contributed by atoms with Crippen LogP contribution in [-0.2, 0) is 15.3 Å². The topological polar surface area (TPSA) is 109 Å². The number of hydrogen-bond donors (Lipinski definition) is 3. The van der Waals surface area contributed by atoms with E-state index in [1.807, 2.05) is 0 Å². The zero-order chi connectivity index (χ0) is 15.8. The molecule has 0 bridgehead atoms. The third-order valence-corrected chi connectivity index (χ3v) is 2.79. The van der Waals surface area contributed by atoms with E-state index in [0.29, 0.717) is 11.8 Å². The van der Waals surface area contributed by atoms with Crippen LogP contribution in [0.15, 0.2) is 16.5 Å². The average molecular weight is 322 g/mol. The van der Waals surface area contributed by atoms with E-state index in [-0.39, 0.29) is 17.3 Å². The number of amides is 2. The van der Waals surface area contributed by atoms with Gasteiger partial charge >= 0.3 is 5.97 Å². The van der Waals surface area contributed by atoms with Crippen molar-refractivity contribution in [1.29, 1.82) is 0 Å². The Balaban J connectivity index is 2.38. The molecular formula is C11H12F2N2O5S. The molecule has 0 aliphatic carbocycles. The predicted molar refractivity (Wildman–Crippen MR) is 69.0 cm³/mol. The largest absolute Gasteiger partial charge is 0.480 e. The smallest absolute Gasteiger partial charge is 0.322 e. The minimum Gasteiger partial charge on any atom is -0.480 e. The molecule has 0 atom stereocenters. The van der Waals surface area contributed by atoms with Crippen LogP contribution in [0, 0.1) is 0 Å². The minimum absolute atomic E-state index is 0.0793. The summed E-state index contributed by atoms with van der Waals surface area (Å²) < 4.78 is 29.0. The van der Waals surface area contributed by atoms with Crippen LogP contribution in [0.5, 0.6) is 0 Å². The van der Waals surface area contributed by atoms with Crippen LogP contribution in [0.4, 0.5) is 8.78 Å². The van der Waals surface area contributed by atoms with Crippen molar-refractivity contribution in [3.05, 3.63) is 23.7 Å². The molecule has 2 amide bonds. The van der Waals surface area contributed by atoms with Gasteiger partial charge in [-0.05, 0) is 12.1 Å². The van der Waals surface area contributed by atoms with Crippen molar-refractivity contribution in [1.82, 2.24) is 10.6 Å². The zero-order valence-corrected chi connectivity index (χ0v) is 11.4. The molecule has 0 spiro atoms. The van der Waals surface area contributed by atoms with Gasteiger partial charge < -0.3 is 20.2 Å². The molecular weight excluding hydrogens is 310 g/mol. The lowest BCUT2D eigenvalue weighted by molar-refractivity contribution is -0.137. The molecule has 0 fully saturated rings. The molecule has 0 aromatic carbocycles. The fourth-order valence-corrected chi connectivity index (χ4v) is 1.65. The standard InChI is InChI=1S/C11H12F2N2O5S/c12-11(13)21-5-6-1-2-7(20-6)10(19)15-3-8(16)14-4-9(17)18/h1-2,11H,3-5H2,(H,14,16)(H,15,19)(H,17,18). The van der Waals surface area contributed by atoms with Gasteiger partial charge in [0.05, 0.1) is 12.3 Å². The third-order valence-electron chi connectivity index (χ3n) is 2.08. The lowest BCUT2D eigenvalue weighted by Crippen LogP contribution is -2.38. The average Bonchev–Trinajstić information content (AvgIpc) is 2.89. The van der Waals surface area contributed by atoms with Crippen molar-refractivity contribution >= 4 is 29.5 Å². The van der Waals surface area contributed by atoms with E-state index in [2.05, 4.69) is 10.6 Å². The normalized spacial score (nSPS) is 10.4. The Hall–Kier alpha value is -2.10. The molecule has 0 aliphatic rings. The number of carboxylic acid groups (broad SMARTS) is 1. The predicted octanol–water partition coefficient (Wildman–Crippen LogP) is 0.666. The number of furan rings is 1. The van der Waals surface area contributed by atoms with Gasteiger partial charge in [0.1, 0.15) is 12.3 Å². The maximum Gasteiger partial charge on any atom is 0.322 e. The first-order valence-electron chi connectivity index (χ1n) is 5.63. The Morgan fingerprint density at radius 2 is 1.95 bits per heavy atom. The van der Waals surface area contributed by atoms with Crippen LogP contribution in [0.3, 0.4) is 0 Å². The van der Waals surface area contributed by atoms with Crippen LogP contribution in [-0.4, -0.2) is 41.7 Å². The summed E-state index contributed by atoms with van der Waals surface area (Å²) in [6.07, 6.45) is 0. The first-order chi connectivity index (χ1) is 9.88. The quantitative estimate of drug-likeness (QED) is 0.649. The Kier molecular flexibility index (Phi) is 6.66. The molecule has 1 heterocycles. The molecule has 1 rings (SSSR count). The highest BCUT2D eigenvalue weighted by Gasteiger charge is 2.14. The van der Waals surface area contributed by atoms with Gasteiger partial charge in [-0.1, -0.05) is 11.8 Å². The third kappa shape index (κ3) is 6.75. The fraction of sp³-hybridized carbons (Fsp3) is 0.364. The maximum atomic E-state index is 12.0. The van der Waals surface area contributed by atoms with E-state index in [0.717, 1.165) is 0 Å². The summed E-state index contributed by atoms with van der Waals surface area (Å²) in [7, 11) is 0. The molecule has 0 unspecified atom stereocenters. The molecule has 1 aromatic heterocycles. The van der Waals surface area contributed by atoms with E-state index in [1.54, 1.807) is 0 Å². The highest BCUT2D eigenvalue weighted by molar-refractivity contribution is 7.98. The van der Waals surface area contributed by atoms with Gasteiger partial charge in [0.15, 0.2) is 5.76 Å². The lowest BCUT2D eigenvalue weighted by atomic mass is 10.4. The summed E-state index contributed by atoms with van der Waals surface area (Å²) in [4.78, 5) is 32.9. The van der Waals surface area contributed by atoms with E-state index in [4.69, 9.17) is 9.52 Å². The number of thioether (sulfide) groups is 1. The second-order valence-electron chi connectivity index (χ2n) is 3.69. The molecule has 0 saturated heterocycles. The summed E-state index contributed by atoms with van der Waals surface area (Å²) in [5.41, 5.74) is 0. The summed E-state index contributed by atoms with van der Waals surface area (Å²) in [6.45, 7) is -0.974. The van der Waals surface area contributed by atoms with E-state index in [9.17, 15) is 23.2 Å². The van der Waals surface area contributed by atoms with Crippen molar-refractivity contribution in [3.63, 3.8) is 0 Å². The van der Waals surface area contributed by atoms with Crippen molar-refractivity contribution in [3.8, 4) is 0 Å². The Morgan fingerprint density at radius 3 is 2.57 bits per heavy atom. The van der Waals surface area contributed by atoms with Crippen molar-refractivity contribution in [2.24, 2.45) is 0 Å². The molecule has 10 heteroatoms. The van der Waals surface area contributed by atoms with Crippen LogP contribution in [0.25, 0.3) is 0 Å². The number of halogens is 2. The second kappa shape index (κ2) is 8.25. The van der Waals surface area contributed by atoms with Gasteiger partial charge in [0.25, 0.3) is 11.7 Å². The molecule has 0 aliphatic heterocycles. The Bertz CT molecular complexity index is 520. The van der Waals surface area contributed by atoms with E-state index < -0.39 is 36.6 Å². The molecule has 0 radical (unpaired) electrons.